The van der Waals surface area contributed by atoms with Gasteiger partial charge in [-0.25, -0.2) is 4.39 Å². The van der Waals surface area contributed by atoms with Crippen molar-refractivity contribution in [1.29, 1.82) is 5.26 Å². The molecule has 2 atom stereocenters. The van der Waals surface area contributed by atoms with Gasteiger partial charge in [-0.1, -0.05) is 6.92 Å². The number of anilines is 1. The molecule has 20 heavy (non-hydrogen) atoms. The molecule has 4 nitrogen and oxygen atoms in total. The summed E-state index contributed by atoms with van der Waals surface area (Å²) in [6.07, 6.45) is 0. The first-order valence-electron chi connectivity index (χ1n) is 6.20. The molecule has 0 amide bonds. The van der Waals surface area contributed by atoms with Gasteiger partial charge in [0.15, 0.2) is 5.82 Å². The van der Waals surface area contributed by atoms with E-state index in [0.717, 1.165) is 0 Å². The second kappa shape index (κ2) is 5.80. The zero-order valence-corrected chi connectivity index (χ0v) is 12.8. The number of nitrogens with zero attached hydrogens (tertiary/aromatic N) is 2. The van der Waals surface area contributed by atoms with E-state index in [1.54, 1.807) is 12.1 Å². The van der Waals surface area contributed by atoms with Crippen molar-refractivity contribution >= 4 is 27.6 Å². The van der Waals surface area contributed by atoms with Gasteiger partial charge in [0, 0.05) is 13.1 Å². The second-order valence-electron chi connectivity index (χ2n) is 4.88. The fourth-order valence-electron chi connectivity index (χ4n) is 2.49. The third-order valence-corrected chi connectivity index (χ3v) is 4.41. The van der Waals surface area contributed by atoms with Gasteiger partial charge in [0.1, 0.15) is 6.07 Å². The van der Waals surface area contributed by atoms with Gasteiger partial charge in [-0.15, -0.1) is 0 Å². The number of hydrogen-bond acceptors (Lipinski definition) is 4. The highest BCUT2D eigenvalue weighted by atomic mass is 79.9. The van der Waals surface area contributed by atoms with Crippen molar-refractivity contribution in [3.63, 3.8) is 0 Å². The van der Waals surface area contributed by atoms with Crippen LogP contribution in [0.1, 0.15) is 12.5 Å². The van der Waals surface area contributed by atoms with Crippen LogP contribution in [0.3, 0.4) is 0 Å². The lowest BCUT2D eigenvalue weighted by atomic mass is 9.99. The van der Waals surface area contributed by atoms with Crippen LogP contribution >= 0.6 is 15.9 Å². The average molecular weight is 341 g/mol. The normalized spacial score (nSPS) is 21.6. The lowest BCUT2D eigenvalue weighted by Gasteiger charge is -2.20. The molecule has 1 aliphatic rings. The summed E-state index contributed by atoms with van der Waals surface area (Å²) in [5.41, 5.74) is 0.650. The van der Waals surface area contributed by atoms with Crippen LogP contribution < -0.4 is 4.90 Å². The minimum Gasteiger partial charge on any atom is -0.469 e. The fraction of sp³-hybridized carbons (Fsp3) is 0.429. The van der Waals surface area contributed by atoms with Gasteiger partial charge in [-0.2, -0.15) is 5.26 Å². The Kier molecular flexibility index (Phi) is 4.29. The van der Waals surface area contributed by atoms with Crippen molar-refractivity contribution in [2.75, 3.05) is 25.1 Å². The molecule has 0 aromatic heterocycles. The maximum Gasteiger partial charge on any atom is 0.310 e. The number of nitriles is 1. The summed E-state index contributed by atoms with van der Waals surface area (Å²) in [5, 5.41) is 8.87. The summed E-state index contributed by atoms with van der Waals surface area (Å²) < 4.78 is 19.2. The quantitative estimate of drug-likeness (QED) is 0.776. The molecule has 0 spiro atoms. The van der Waals surface area contributed by atoms with E-state index in [1.807, 2.05) is 17.9 Å². The number of hydrogen-bond donors (Lipinski definition) is 0. The molecule has 0 radical (unpaired) electrons. The van der Waals surface area contributed by atoms with Crippen molar-refractivity contribution in [3.05, 3.63) is 28.0 Å². The van der Waals surface area contributed by atoms with Crippen LogP contribution in [-0.2, 0) is 9.53 Å². The third-order valence-electron chi connectivity index (χ3n) is 3.64. The third kappa shape index (κ3) is 2.50. The molecular formula is C14H14BrFN2O2. The number of rotatable bonds is 2. The number of halogens is 2. The molecule has 1 heterocycles. The first kappa shape index (κ1) is 14.8. The van der Waals surface area contributed by atoms with Crippen LogP contribution in [0.15, 0.2) is 16.6 Å². The number of ether oxygens (including phenoxy) is 1. The number of benzene rings is 1. The molecule has 1 aliphatic heterocycles. The monoisotopic (exact) mass is 340 g/mol. The van der Waals surface area contributed by atoms with Crippen LogP contribution in [0.25, 0.3) is 0 Å². The molecule has 1 aromatic carbocycles. The van der Waals surface area contributed by atoms with Gasteiger partial charge >= 0.3 is 5.97 Å². The van der Waals surface area contributed by atoms with E-state index in [4.69, 9.17) is 10.00 Å². The van der Waals surface area contributed by atoms with Gasteiger partial charge in [0.2, 0.25) is 0 Å². The minimum atomic E-state index is -0.471. The van der Waals surface area contributed by atoms with E-state index >= 15 is 0 Å². The molecule has 6 heteroatoms. The molecule has 0 N–H and O–H groups in total. The predicted molar refractivity (Wildman–Crippen MR) is 75.7 cm³/mol. The van der Waals surface area contributed by atoms with Gasteiger partial charge < -0.3 is 9.64 Å². The molecule has 0 bridgehead atoms. The Bertz CT molecular complexity index is 585. The molecule has 1 saturated heterocycles. The fourth-order valence-corrected chi connectivity index (χ4v) is 2.92. The SMILES string of the molecule is COC(=O)C1CN(c2ccc(C#N)c(Br)c2F)CC1C. The molecule has 1 fully saturated rings. The van der Waals surface area contributed by atoms with E-state index in [2.05, 4.69) is 15.9 Å². The molecule has 2 unspecified atom stereocenters. The Balaban J connectivity index is 2.29. The molecule has 0 aliphatic carbocycles. The van der Waals surface area contributed by atoms with E-state index < -0.39 is 5.82 Å². The highest BCUT2D eigenvalue weighted by Crippen LogP contribution is 2.34. The minimum absolute atomic E-state index is 0.0938. The van der Waals surface area contributed by atoms with Crippen molar-refractivity contribution in [2.45, 2.75) is 6.92 Å². The largest absolute Gasteiger partial charge is 0.469 e. The zero-order valence-electron chi connectivity index (χ0n) is 11.2. The molecule has 106 valence electrons. The maximum atomic E-state index is 14.3. The topological polar surface area (TPSA) is 53.3 Å². The van der Waals surface area contributed by atoms with Gasteiger partial charge in [0.25, 0.3) is 0 Å². The Morgan fingerprint density at radius 1 is 1.55 bits per heavy atom. The summed E-state index contributed by atoms with van der Waals surface area (Å²) >= 11 is 3.10. The Morgan fingerprint density at radius 3 is 2.85 bits per heavy atom. The Morgan fingerprint density at radius 2 is 2.25 bits per heavy atom. The number of esters is 1. The highest BCUT2D eigenvalue weighted by Gasteiger charge is 2.36. The van der Waals surface area contributed by atoms with Crippen LogP contribution in [0, 0.1) is 29.0 Å². The highest BCUT2D eigenvalue weighted by molar-refractivity contribution is 9.10. The van der Waals surface area contributed by atoms with Gasteiger partial charge in [-0.05, 0) is 34.0 Å². The number of methoxy groups -OCH3 is 1. The number of carbonyl (C=O) groups excluding carboxylic acids is 1. The number of carbonyl (C=O) groups is 1. The molecule has 1 aromatic rings. The Labute approximate surface area is 125 Å². The second-order valence-corrected chi connectivity index (χ2v) is 5.68. The van der Waals surface area contributed by atoms with Crippen LogP contribution in [-0.4, -0.2) is 26.2 Å². The first-order valence-corrected chi connectivity index (χ1v) is 6.99. The smallest absolute Gasteiger partial charge is 0.310 e. The van der Waals surface area contributed by atoms with E-state index in [9.17, 15) is 9.18 Å². The predicted octanol–water partition coefficient (Wildman–Crippen LogP) is 2.71. The Hall–Kier alpha value is -1.61. The van der Waals surface area contributed by atoms with Crippen molar-refractivity contribution < 1.29 is 13.9 Å². The maximum absolute atomic E-state index is 14.3. The van der Waals surface area contributed by atoms with Crippen molar-refractivity contribution in [2.24, 2.45) is 11.8 Å². The van der Waals surface area contributed by atoms with Crippen LogP contribution in [0.5, 0.6) is 0 Å². The van der Waals surface area contributed by atoms with Crippen LogP contribution in [0.4, 0.5) is 10.1 Å². The zero-order chi connectivity index (χ0) is 14.9. The summed E-state index contributed by atoms with van der Waals surface area (Å²) in [6.45, 7) is 2.94. The van der Waals surface area contributed by atoms with Gasteiger partial charge in [-0.3, -0.25) is 4.79 Å². The summed E-state index contributed by atoms with van der Waals surface area (Å²) in [5.74, 6) is -0.903. The summed E-state index contributed by atoms with van der Waals surface area (Å²) in [4.78, 5) is 13.5. The van der Waals surface area contributed by atoms with Gasteiger partial charge in [0.05, 0.1) is 28.8 Å². The molecule has 0 saturated carbocycles. The summed E-state index contributed by atoms with van der Waals surface area (Å²) in [6, 6.07) is 5.06. The lowest BCUT2D eigenvalue weighted by Crippen LogP contribution is -2.25. The van der Waals surface area contributed by atoms with Crippen molar-refractivity contribution in [3.8, 4) is 6.07 Å². The molecular weight excluding hydrogens is 327 g/mol. The molecule has 2 rings (SSSR count). The average Bonchev–Trinajstić information content (AvgIpc) is 2.82. The van der Waals surface area contributed by atoms with E-state index in [0.29, 0.717) is 18.8 Å². The summed E-state index contributed by atoms with van der Waals surface area (Å²) in [7, 11) is 1.36. The van der Waals surface area contributed by atoms with Crippen molar-refractivity contribution in [1.82, 2.24) is 0 Å². The van der Waals surface area contributed by atoms with Crippen LogP contribution in [0.2, 0.25) is 0 Å². The standard InChI is InChI=1S/C14H14BrFN2O2/c1-8-6-18(7-10(8)14(19)20-2)11-4-3-9(5-17)12(15)13(11)16/h3-4,8,10H,6-7H2,1-2H3. The van der Waals surface area contributed by atoms with E-state index in [1.165, 1.54) is 7.11 Å². The van der Waals surface area contributed by atoms with E-state index in [-0.39, 0.29) is 27.8 Å². The lowest BCUT2D eigenvalue weighted by molar-refractivity contribution is -0.145. The first-order chi connectivity index (χ1) is 9.49.